The predicted molar refractivity (Wildman–Crippen MR) is 100 cm³/mol. The molecule has 1 aliphatic rings. The number of amides is 2. The number of hydrogen-bond donors (Lipinski definition) is 1. The van der Waals surface area contributed by atoms with Gasteiger partial charge in [-0.2, -0.15) is 0 Å². The van der Waals surface area contributed by atoms with Gasteiger partial charge in [-0.25, -0.2) is 0 Å². The third-order valence-corrected chi connectivity index (χ3v) is 5.35. The highest BCUT2D eigenvalue weighted by atomic mass is 35.5. The van der Waals surface area contributed by atoms with Crippen LogP contribution >= 0.6 is 22.9 Å². The number of carbonyl (C=O) groups is 2. The van der Waals surface area contributed by atoms with E-state index in [1.807, 2.05) is 18.2 Å². The largest absolute Gasteiger partial charge is 0.449 e. The van der Waals surface area contributed by atoms with Gasteiger partial charge in [-0.15, -0.1) is 11.3 Å². The number of morpholine rings is 1. The molecule has 1 aromatic carbocycles. The van der Waals surface area contributed by atoms with Gasteiger partial charge in [0.15, 0.2) is 0 Å². The number of fused-ring (bicyclic) bond motifs is 1. The number of benzene rings is 1. The summed E-state index contributed by atoms with van der Waals surface area (Å²) in [6, 6.07) is 10.5. The van der Waals surface area contributed by atoms with Crippen molar-refractivity contribution in [2.45, 2.75) is 0 Å². The van der Waals surface area contributed by atoms with Crippen molar-refractivity contribution in [1.82, 2.24) is 4.90 Å². The van der Waals surface area contributed by atoms with Crippen molar-refractivity contribution in [2.75, 3.05) is 31.6 Å². The molecule has 0 saturated carbocycles. The summed E-state index contributed by atoms with van der Waals surface area (Å²) in [6.07, 6.45) is 0. The van der Waals surface area contributed by atoms with E-state index in [1.54, 1.807) is 23.1 Å². The number of ether oxygens (including phenoxy) is 1. The monoisotopic (exact) mass is 390 g/mol. The molecule has 6 nitrogen and oxygen atoms in total. The summed E-state index contributed by atoms with van der Waals surface area (Å²) in [5.74, 6) is -0.461. The fourth-order valence-electron chi connectivity index (χ4n) is 2.84. The highest BCUT2D eigenvalue weighted by Crippen LogP contribution is 2.33. The molecule has 2 amide bonds. The summed E-state index contributed by atoms with van der Waals surface area (Å²) >= 11 is 7.09. The number of nitrogens with zero attached hydrogens (tertiary/aromatic N) is 1. The smallest absolute Gasteiger partial charge is 0.291 e. The lowest BCUT2D eigenvalue weighted by molar-refractivity contribution is 0.0285. The first-order chi connectivity index (χ1) is 12.6. The minimum absolute atomic E-state index is 0.129. The molecule has 0 unspecified atom stereocenters. The third-order valence-electron chi connectivity index (χ3n) is 4.12. The molecule has 134 valence electrons. The van der Waals surface area contributed by atoms with Gasteiger partial charge in [0.1, 0.15) is 11.3 Å². The fourth-order valence-corrected chi connectivity index (χ4v) is 3.78. The molecule has 0 radical (unpaired) electrons. The molecule has 1 fully saturated rings. The number of thiophene rings is 1. The van der Waals surface area contributed by atoms with Crippen LogP contribution < -0.4 is 5.32 Å². The number of halogens is 1. The second-order valence-electron chi connectivity index (χ2n) is 5.76. The minimum Gasteiger partial charge on any atom is -0.449 e. The molecule has 2 aromatic heterocycles. The van der Waals surface area contributed by atoms with Crippen molar-refractivity contribution in [1.29, 1.82) is 0 Å². The molecule has 0 bridgehead atoms. The Morgan fingerprint density at radius 3 is 2.62 bits per heavy atom. The molecule has 4 rings (SSSR count). The summed E-state index contributed by atoms with van der Waals surface area (Å²) in [4.78, 5) is 27.6. The molecule has 3 heterocycles. The standard InChI is InChI=1S/C18H15ClN2O4S/c19-14-6-5-13(26-14)17(22)20-15-11-3-1-2-4-12(11)25-16(15)18(23)21-7-9-24-10-8-21/h1-6H,7-10H2,(H,20,22). The zero-order valence-electron chi connectivity index (χ0n) is 13.7. The molecular weight excluding hydrogens is 376 g/mol. The molecule has 0 aliphatic carbocycles. The molecule has 1 aliphatic heterocycles. The van der Waals surface area contributed by atoms with Crippen LogP contribution in [0.15, 0.2) is 40.8 Å². The Morgan fingerprint density at radius 2 is 1.88 bits per heavy atom. The van der Waals surface area contributed by atoms with E-state index in [-0.39, 0.29) is 17.6 Å². The average molecular weight is 391 g/mol. The van der Waals surface area contributed by atoms with Crippen LogP contribution in [0.3, 0.4) is 0 Å². The van der Waals surface area contributed by atoms with Crippen molar-refractivity contribution in [3.63, 3.8) is 0 Å². The normalized spacial score (nSPS) is 14.6. The maximum Gasteiger partial charge on any atom is 0.291 e. The SMILES string of the molecule is O=C(Nc1c(C(=O)N2CCOCC2)oc2ccccc12)c1ccc(Cl)s1. The first-order valence-electron chi connectivity index (χ1n) is 8.09. The number of carbonyl (C=O) groups excluding carboxylic acids is 2. The molecule has 0 spiro atoms. The number of para-hydroxylation sites is 1. The zero-order valence-corrected chi connectivity index (χ0v) is 15.2. The van der Waals surface area contributed by atoms with E-state index in [4.69, 9.17) is 20.8 Å². The molecule has 3 aromatic rings. The van der Waals surface area contributed by atoms with Crippen molar-refractivity contribution in [2.24, 2.45) is 0 Å². The maximum atomic E-state index is 12.9. The second-order valence-corrected chi connectivity index (χ2v) is 7.48. The molecule has 0 atom stereocenters. The van der Waals surface area contributed by atoms with Crippen molar-refractivity contribution in [3.05, 3.63) is 51.4 Å². The quantitative estimate of drug-likeness (QED) is 0.736. The van der Waals surface area contributed by atoms with E-state index < -0.39 is 0 Å². The predicted octanol–water partition coefficient (Wildman–Crippen LogP) is 3.87. The number of rotatable bonds is 3. The Bertz CT molecular complexity index is 975. The lowest BCUT2D eigenvalue weighted by atomic mass is 10.2. The van der Waals surface area contributed by atoms with E-state index in [1.165, 1.54) is 11.3 Å². The molecule has 1 N–H and O–H groups in total. The lowest BCUT2D eigenvalue weighted by Gasteiger charge is -2.26. The highest BCUT2D eigenvalue weighted by molar-refractivity contribution is 7.18. The lowest BCUT2D eigenvalue weighted by Crippen LogP contribution is -2.40. The summed E-state index contributed by atoms with van der Waals surface area (Å²) in [5.41, 5.74) is 0.926. The maximum absolute atomic E-state index is 12.9. The second kappa shape index (κ2) is 7.11. The Kier molecular flexibility index (Phi) is 4.67. The van der Waals surface area contributed by atoms with Gasteiger partial charge < -0.3 is 19.4 Å². The van der Waals surface area contributed by atoms with E-state index in [2.05, 4.69) is 5.32 Å². The van der Waals surface area contributed by atoms with Crippen molar-refractivity contribution >= 4 is 51.4 Å². The average Bonchev–Trinajstić information content (AvgIpc) is 3.26. The highest BCUT2D eigenvalue weighted by Gasteiger charge is 2.27. The van der Waals surface area contributed by atoms with Crippen LogP contribution in [-0.4, -0.2) is 43.0 Å². The van der Waals surface area contributed by atoms with Crippen LogP contribution in [0.5, 0.6) is 0 Å². The van der Waals surface area contributed by atoms with Gasteiger partial charge in [0.05, 0.1) is 22.4 Å². The van der Waals surface area contributed by atoms with E-state index in [9.17, 15) is 9.59 Å². The summed E-state index contributed by atoms with van der Waals surface area (Å²) in [6.45, 7) is 1.95. The molecular formula is C18H15ClN2O4S. The van der Waals surface area contributed by atoms with Gasteiger partial charge in [0, 0.05) is 18.5 Å². The van der Waals surface area contributed by atoms with Crippen molar-refractivity contribution in [3.8, 4) is 0 Å². The van der Waals surface area contributed by atoms with Crippen LogP contribution in [0.1, 0.15) is 20.2 Å². The Labute approximate surface area is 158 Å². The van der Waals surface area contributed by atoms with Gasteiger partial charge in [-0.1, -0.05) is 23.7 Å². The van der Waals surface area contributed by atoms with Gasteiger partial charge >= 0.3 is 0 Å². The van der Waals surface area contributed by atoms with Gasteiger partial charge in [-0.3, -0.25) is 9.59 Å². The van der Waals surface area contributed by atoms with Crippen LogP contribution in [0, 0.1) is 0 Å². The first kappa shape index (κ1) is 17.1. The van der Waals surface area contributed by atoms with E-state index >= 15 is 0 Å². The Morgan fingerprint density at radius 1 is 1.12 bits per heavy atom. The number of furan rings is 1. The first-order valence-corrected chi connectivity index (χ1v) is 9.28. The van der Waals surface area contributed by atoms with Crippen LogP contribution in [0.25, 0.3) is 11.0 Å². The van der Waals surface area contributed by atoms with E-state index in [0.717, 1.165) is 0 Å². The zero-order chi connectivity index (χ0) is 18.1. The number of hydrogen-bond acceptors (Lipinski definition) is 5. The Hall–Kier alpha value is -2.35. The van der Waals surface area contributed by atoms with Crippen LogP contribution in [-0.2, 0) is 4.74 Å². The van der Waals surface area contributed by atoms with Gasteiger partial charge in [0.25, 0.3) is 11.8 Å². The third kappa shape index (κ3) is 3.21. The topological polar surface area (TPSA) is 71.8 Å². The summed E-state index contributed by atoms with van der Waals surface area (Å²) < 4.78 is 11.6. The van der Waals surface area contributed by atoms with Crippen molar-refractivity contribution < 1.29 is 18.7 Å². The fraction of sp³-hybridized carbons (Fsp3) is 0.222. The van der Waals surface area contributed by atoms with E-state index in [0.29, 0.717) is 52.2 Å². The van der Waals surface area contributed by atoms with Crippen LogP contribution in [0.2, 0.25) is 4.34 Å². The molecule has 8 heteroatoms. The summed E-state index contributed by atoms with van der Waals surface area (Å²) in [5, 5.41) is 3.50. The van der Waals surface area contributed by atoms with Gasteiger partial charge in [0.2, 0.25) is 5.76 Å². The summed E-state index contributed by atoms with van der Waals surface area (Å²) in [7, 11) is 0. The molecule has 1 saturated heterocycles. The number of anilines is 1. The minimum atomic E-state index is -0.329. The molecule has 26 heavy (non-hydrogen) atoms. The Balaban J connectivity index is 1.71. The van der Waals surface area contributed by atoms with Gasteiger partial charge in [-0.05, 0) is 24.3 Å². The number of nitrogens with one attached hydrogen (secondary N) is 1. The van der Waals surface area contributed by atoms with Crippen LogP contribution in [0.4, 0.5) is 5.69 Å².